The van der Waals surface area contributed by atoms with Crippen LogP contribution in [-0.4, -0.2) is 59.3 Å². The molecule has 9 heteroatoms. The van der Waals surface area contributed by atoms with Gasteiger partial charge in [0.2, 0.25) is 0 Å². The van der Waals surface area contributed by atoms with Crippen LogP contribution in [0.15, 0.2) is 48.5 Å². The highest BCUT2D eigenvalue weighted by atomic mass is 16.3. The van der Waals surface area contributed by atoms with Crippen LogP contribution in [0.25, 0.3) is 0 Å². The van der Waals surface area contributed by atoms with Gasteiger partial charge in [-0.1, -0.05) is 12.1 Å². The number of nitrogens with zero attached hydrogens (tertiary/aromatic N) is 3. The Morgan fingerprint density at radius 2 is 1.77 bits per heavy atom. The van der Waals surface area contributed by atoms with Crippen molar-refractivity contribution >= 4 is 28.9 Å². The fourth-order valence-corrected chi connectivity index (χ4v) is 3.56. The fraction of sp³-hybridized carbons (Fsp3) is 0.273. The van der Waals surface area contributed by atoms with Gasteiger partial charge < -0.3 is 31.3 Å². The first-order valence-corrected chi connectivity index (χ1v) is 10.2. The molecule has 0 spiro atoms. The van der Waals surface area contributed by atoms with Crippen molar-refractivity contribution in [3.63, 3.8) is 0 Å². The molecule has 1 aliphatic rings. The molecule has 0 saturated carbocycles. The van der Waals surface area contributed by atoms with Crippen molar-refractivity contribution in [2.45, 2.75) is 6.54 Å². The third-order valence-corrected chi connectivity index (χ3v) is 5.41. The number of aromatic hydroxyl groups is 1. The van der Waals surface area contributed by atoms with E-state index in [9.17, 15) is 9.90 Å². The Morgan fingerprint density at radius 1 is 1.10 bits per heavy atom. The number of aromatic amines is 1. The number of rotatable bonds is 7. The fourth-order valence-electron chi connectivity index (χ4n) is 3.56. The first-order valence-electron chi connectivity index (χ1n) is 10.2. The molecule has 1 aromatic heterocycles. The molecule has 2 aromatic carbocycles. The minimum Gasteiger partial charge on any atom is -0.508 e. The Bertz CT molecular complexity index is 1020. The average Bonchev–Trinajstić information content (AvgIpc) is 3.17. The second-order valence-corrected chi connectivity index (χ2v) is 7.67. The number of nitrogens with two attached hydrogens (primary N) is 1. The maximum atomic E-state index is 12.1. The van der Waals surface area contributed by atoms with E-state index in [4.69, 9.17) is 5.73 Å². The van der Waals surface area contributed by atoms with Gasteiger partial charge in [-0.2, -0.15) is 5.10 Å². The zero-order valence-corrected chi connectivity index (χ0v) is 17.4. The molecule has 1 aliphatic heterocycles. The van der Waals surface area contributed by atoms with E-state index in [1.807, 2.05) is 12.1 Å². The van der Waals surface area contributed by atoms with Crippen LogP contribution in [0.4, 0.5) is 23.0 Å². The van der Waals surface area contributed by atoms with Crippen LogP contribution < -0.4 is 21.3 Å². The van der Waals surface area contributed by atoms with Crippen LogP contribution in [-0.2, 0) is 6.54 Å². The topological polar surface area (TPSA) is 123 Å². The quantitative estimate of drug-likeness (QED) is 0.397. The molecule has 1 saturated heterocycles. The summed E-state index contributed by atoms with van der Waals surface area (Å²) in [5.74, 6) is 0.426. The lowest BCUT2D eigenvalue weighted by atomic mass is 10.2. The summed E-state index contributed by atoms with van der Waals surface area (Å²) in [5, 5.41) is 22.8. The molecule has 2 heterocycles. The number of aromatic nitrogens is 2. The number of primary amides is 1. The van der Waals surface area contributed by atoms with Crippen LogP contribution in [0.3, 0.4) is 0 Å². The van der Waals surface area contributed by atoms with E-state index in [0.29, 0.717) is 18.2 Å². The number of hydrogen-bond donors (Lipinski definition) is 5. The van der Waals surface area contributed by atoms with Gasteiger partial charge in [0.15, 0.2) is 5.82 Å². The van der Waals surface area contributed by atoms with Gasteiger partial charge in [-0.25, -0.2) is 0 Å². The SMILES string of the molecule is CN1CCN(c2ccc(Nc3[nH]nc(NCc4ccc(O)cc4)c3C(N)=O)cc2)CC1. The lowest BCUT2D eigenvalue weighted by molar-refractivity contribution is 0.100. The van der Waals surface area contributed by atoms with E-state index >= 15 is 0 Å². The molecule has 9 nitrogen and oxygen atoms in total. The van der Waals surface area contributed by atoms with Crippen molar-refractivity contribution in [3.05, 3.63) is 59.7 Å². The van der Waals surface area contributed by atoms with E-state index in [-0.39, 0.29) is 11.3 Å². The summed E-state index contributed by atoms with van der Waals surface area (Å²) in [5.41, 5.74) is 8.82. The van der Waals surface area contributed by atoms with Gasteiger partial charge in [0.05, 0.1) is 0 Å². The molecular formula is C22H27N7O2. The van der Waals surface area contributed by atoms with Crippen LogP contribution in [0.5, 0.6) is 5.75 Å². The van der Waals surface area contributed by atoms with Gasteiger partial charge in [-0.05, 0) is 49.0 Å². The molecule has 0 bridgehead atoms. The van der Waals surface area contributed by atoms with Crippen LogP contribution in [0.1, 0.15) is 15.9 Å². The number of carbonyl (C=O) groups excluding carboxylic acids is 1. The maximum Gasteiger partial charge on any atom is 0.256 e. The predicted molar refractivity (Wildman–Crippen MR) is 122 cm³/mol. The molecule has 0 atom stereocenters. The molecule has 4 rings (SSSR count). The summed E-state index contributed by atoms with van der Waals surface area (Å²) in [4.78, 5) is 16.8. The van der Waals surface area contributed by atoms with Gasteiger partial charge >= 0.3 is 0 Å². The largest absolute Gasteiger partial charge is 0.508 e. The third kappa shape index (κ3) is 4.89. The Hall–Kier alpha value is -3.72. The summed E-state index contributed by atoms with van der Waals surface area (Å²) >= 11 is 0. The van der Waals surface area contributed by atoms with E-state index in [2.05, 4.69) is 49.8 Å². The number of benzene rings is 2. The number of nitrogens with one attached hydrogen (secondary N) is 3. The second kappa shape index (κ2) is 8.97. The number of hydrogen-bond acceptors (Lipinski definition) is 7. The minimum absolute atomic E-state index is 0.200. The lowest BCUT2D eigenvalue weighted by Crippen LogP contribution is -2.44. The normalized spacial score (nSPS) is 14.4. The first kappa shape index (κ1) is 20.5. The molecule has 0 radical (unpaired) electrons. The van der Waals surface area contributed by atoms with E-state index in [1.165, 1.54) is 5.69 Å². The highest BCUT2D eigenvalue weighted by Gasteiger charge is 2.19. The number of amides is 1. The zero-order chi connectivity index (χ0) is 21.8. The predicted octanol–water partition coefficient (Wildman–Crippen LogP) is 2.32. The van der Waals surface area contributed by atoms with Crippen LogP contribution >= 0.6 is 0 Å². The summed E-state index contributed by atoms with van der Waals surface area (Å²) < 4.78 is 0. The number of phenols is 1. The Morgan fingerprint density at radius 3 is 2.42 bits per heavy atom. The molecule has 0 unspecified atom stereocenters. The standard InChI is InChI=1S/C22H27N7O2/c1-28-10-12-29(13-11-28)17-6-4-16(5-7-17)25-22-19(20(23)31)21(26-27-22)24-14-15-2-8-18(30)9-3-15/h2-9,30H,10-14H2,1H3,(H2,23,31)(H3,24,25,26,27). The molecule has 6 N–H and O–H groups in total. The molecule has 0 aliphatic carbocycles. The molecule has 1 amide bonds. The minimum atomic E-state index is -0.585. The summed E-state index contributed by atoms with van der Waals surface area (Å²) in [6, 6.07) is 14.9. The Kier molecular flexibility index (Phi) is 5.94. The van der Waals surface area contributed by atoms with Gasteiger partial charge in [0.25, 0.3) is 5.91 Å². The maximum absolute atomic E-state index is 12.1. The van der Waals surface area contributed by atoms with Crippen molar-refractivity contribution in [2.75, 3.05) is 48.8 Å². The highest BCUT2D eigenvalue weighted by molar-refractivity contribution is 6.03. The van der Waals surface area contributed by atoms with E-state index in [1.54, 1.807) is 24.3 Å². The molecule has 31 heavy (non-hydrogen) atoms. The smallest absolute Gasteiger partial charge is 0.256 e. The lowest BCUT2D eigenvalue weighted by Gasteiger charge is -2.34. The Balaban J connectivity index is 1.44. The Labute approximate surface area is 180 Å². The van der Waals surface area contributed by atoms with Crippen molar-refractivity contribution < 1.29 is 9.90 Å². The molecule has 162 valence electrons. The second-order valence-electron chi connectivity index (χ2n) is 7.67. The van der Waals surface area contributed by atoms with Gasteiger partial charge in [-0.3, -0.25) is 9.89 Å². The summed E-state index contributed by atoms with van der Waals surface area (Å²) in [6.45, 7) is 4.55. The molecule has 1 fully saturated rings. The monoisotopic (exact) mass is 421 g/mol. The number of anilines is 4. The highest BCUT2D eigenvalue weighted by Crippen LogP contribution is 2.26. The van der Waals surface area contributed by atoms with Gasteiger partial charge in [-0.15, -0.1) is 0 Å². The van der Waals surface area contributed by atoms with Crippen molar-refractivity contribution in [1.82, 2.24) is 15.1 Å². The van der Waals surface area contributed by atoms with Gasteiger partial charge in [0, 0.05) is 44.1 Å². The summed E-state index contributed by atoms with van der Waals surface area (Å²) in [7, 11) is 2.14. The third-order valence-electron chi connectivity index (χ3n) is 5.41. The van der Waals surface area contributed by atoms with Gasteiger partial charge in [0.1, 0.15) is 17.1 Å². The van der Waals surface area contributed by atoms with Crippen LogP contribution in [0.2, 0.25) is 0 Å². The molecular weight excluding hydrogens is 394 g/mol. The first-order chi connectivity index (χ1) is 15.0. The van der Waals surface area contributed by atoms with E-state index < -0.39 is 5.91 Å². The van der Waals surface area contributed by atoms with Crippen LogP contribution in [0, 0.1) is 0 Å². The number of likely N-dealkylation sites (N-methyl/N-ethyl adjacent to an activating group) is 1. The number of phenolic OH excluding ortho intramolecular Hbond substituents is 1. The summed E-state index contributed by atoms with van der Waals surface area (Å²) in [6.07, 6.45) is 0. The number of piperazine rings is 1. The van der Waals surface area contributed by atoms with E-state index in [0.717, 1.165) is 37.4 Å². The zero-order valence-electron chi connectivity index (χ0n) is 17.4. The number of carbonyl (C=O) groups is 1. The average molecular weight is 422 g/mol. The van der Waals surface area contributed by atoms with Crippen molar-refractivity contribution in [3.8, 4) is 5.75 Å². The van der Waals surface area contributed by atoms with Crippen molar-refractivity contribution in [1.29, 1.82) is 0 Å². The number of H-pyrrole nitrogens is 1. The van der Waals surface area contributed by atoms with Crippen molar-refractivity contribution in [2.24, 2.45) is 5.73 Å². The molecule has 3 aromatic rings.